The highest BCUT2D eigenvalue weighted by atomic mass is 16.5. The van der Waals surface area contributed by atoms with Crippen molar-refractivity contribution in [1.82, 2.24) is 4.57 Å². The van der Waals surface area contributed by atoms with Gasteiger partial charge in [0.05, 0.1) is 10.9 Å². The molecular formula is C31H43NO4. The van der Waals surface area contributed by atoms with E-state index < -0.39 is 11.4 Å². The number of aryl methyl sites for hydroxylation is 1. The smallest absolute Gasteiger partial charge is 0.309 e. The second kappa shape index (κ2) is 12.8. The van der Waals surface area contributed by atoms with Crippen LogP contribution in [0.25, 0.3) is 22.0 Å². The average Bonchev–Trinajstić information content (AvgIpc) is 2.86. The minimum Gasteiger partial charge on any atom is -0.488 e. The van der Waals surface area contributed by atoms with Crippen LogP contribution < -0.4 is 10.3 Å². The van der Waals surface area contributed by atoms with Crippen molar-refractivity contribution in [2.75, 3.05) is 0 Å². The third kappa shape index (κ3) is 7.71. The van der Waals surface area contributed by atoms with Gasteiger partial charge in [0.15, 0.2) is 0 Å². The zero-order chi connectivity index (χ0) is 26.9. The molecule has 5 nitrogen and oxygen atoms in total. The van der Waals surface area contributed by atoms with E-state index in [0.29, 0.717) is 6.42 Å². The minimum atomic E-state index is -0.722. The predicted octanol–water partition coefficient (Wildman–Crippen LogP) is 7.93. The molecule has 0 atom stereocenters. The van der Waals surface area contributed by atoms with E-state index in [9.17, 15) is 9.59 Å². The molecule has 0 bridgehead atoms. The van der Waals surface area contributed by atoms with Crippen molar-refractivity contribution in [1.29, 1.82) is 0 Å². The highest BCUT2D eigenvalue weighted by Gasteiger charge is 2.23. The molecule has 0 aliphatic rings. The van der Waals surface area contributed by atoms with Gasteiger partial charge in [-0.1, -0.05) is 63.9 Å². The molecule has 2 aromatic carbocycles. The maximum Gasteiger partial charge on any atom is 0.309 e. The topological polar surface area (TPSA) is 68.5 Å². The number of rotatable bonds is 10. The van der Waals surface area contributed by atoms with Crippen LogP contribution in [0.4, 0.5) is 0 Å². The number of carbonyl (C=O) groups is 1. The highest BCUT2D eigenvalue weighted by molar-refractivity contribution is 5.84. The minimum absolute atomic E-state index is 0.0809. The molecule has 0 saturated carbocycles. The second-order valence-electron chi connectivity index (χ2n) is 10.6. The van der Waals surface area contributed by atoms with Gasteiger partial charge in [-0.05, 0) is 82.2 Å². The summed E-state index contributed by atoms with van der Waals surface area (Å²) in [5.74, 6) is 0.111. The van der Waals surface area contributed by atoms with Crippen molar-refractivity contribution in [2.45, 2.75) is 92.7 Å². The third-order valence-corrected chi connectivity index (χ3v) is 6.86. The van der Waals surface area contributed by atoms with E-state index in [4.69, 9.17) is 9.84 Å². The zero-order valence-electron chi connectivity index (χ0n) is 23.1. The Labute approximate surface area is 216 Å². The van der Waals surface area contributed by atoms with Gasteiger partial charge in [-0.3, -0.25) is 9.59 Å². The Kier molecular flexibility index (Phi) is 10.3. The van der Waals surface area contributed by atoms with E-state index in [0.717, 1.165) is 60.0 Å². The monoisotopic (exact) mass is 493 g/mol. The SMILES string of the molecule is CCC(C)(C)C(=O)O.CCCCCn1c(=O)c(-c2ccc(OC(C)(C)CC)cc2)cc2ccccc21. The number of nitrogens with zero attached hydrogens (tertiary/aromatic N) is 1. The molecule has 0 saturated heterocycles. The average molecular weight is 494 g/mol. The van der Waals surface area contributed by atoms with Crippen molar-refractivity contribution >= 4 is 16.9 Å². The van der Waals surface area contributed by atoms with Crippen molar-refractivity contribution in [3.8, 4) is 16.9 Å². The van der Waals surface area contributed by atoms with Gasteiger partial charge in [-0.2, -0.15) is 0 Å². The third-order valence-electron chi connectivity index (χ3n) is 6.86. The lowest BCUT2D eigenvalue weighted by molar-refractivity contribution is -0.147. The summed E-state index contributed by atoms with van der Waals surface area (Å²) >= 11 is 0. The van der Waals surface area contributed by atoms with Crippen LogP contribution in [0.5, 0.6) is 5.75 Å². The number of aliphatic carboxylic acids is 1. The molecule has 3 rings (SSSR count). The molecule has 0 fully saturated rings. The molecule has 0 aliphatic heterocycles. The first-order chi connectivity index (χ1) is 17.0. The fourth-order valence-electron chi connectivity index (χ4n) is 3.52. The van der Waals surface area contributed by atoms with Crippen LogP contribution in [0.15, 0.2) is 59.4 Å². The fraction of sp³-hybridized carbons (Fsp3) is 0.484. The summed E-state index contributed by atoms with van der Waals surface area (Å²) < 4.78 is 7.98. The van der Waals surface area contributed by atoms with E-state index in [2.05, 4.69) is 33.8 Å². The number of fused-ring (bicyclic) bond motifs is 1. The van der Waals surface area contributed by atoms with Gasteiger partial charge in [0.1, 0.15) is 11.4 Å². The summed E-state index contributed by atoms with van der Waals surface area (Å²) in [5, 5.41) is 9.54. The molecule has 0 amide bonds. The number of carboxylic acids is 1. The molecule has 196 valence electrons. The number of carboxylic acid groups (broad SMARTS) is 1. The molecule has 0 radical (unpaired) electrons. The summed E-state index contributed by atoms with van der Waals surface area (Å²) in [5.41, 5.74) is 2.03. The van der Waals surface area contributed by atoms with Gasteiger partial charge in [0, 0.05) is 12.1 Å². The van der Waals surface area contributed by atoms with Crippen molar-refractivity contribution in [3.05, 3.63) is 65.0 Å². The first kappa shape index (κ1) is 29.2. The number of aromatic nitrogens is 1. The number of ether oxygens (including phenoxy) is 1. The van der Waals surface area contributed by atoms with Crippen LogP contribution >= 0.6 is 0 Å². The van der Waals surface area contributed by atoms with Gasteiger partial charge in [-0.25, -0.2) is 0 Å². The Hall–Kier alpha value is -3.08. The van der Waals surface area contributed by atoms with Crippen molar-refractivity contribution in [3.63, 3.8) is 0 Å². The lowest BCUT2D eigenvalue weighted by Crippen LogP contribution is -2.26. The molecule has 1 N–H and O–H groups in total. The van der Waals surface area contributed by atoms with Crippen LogP contribution in [-0.4, -0.2) is 21.2 Å². The Morgan fingerprint density at radius 3 is 2.08 bits per heavy atom. The van der Waals surface area contributed by atoms with E-state index in [1.165, 1.54) is 0 Å². The Morgan fingerprint density at radius 1 is 0.917 bits per heavy atom. The summed E-state index contributed by atoms with van der Waals surface area (Å²) in [6.07, 6.45) is 4.90. The molecule has 1 heterocycles. The number of benzene rings is 2. The van der Waals surface area contributed by atoms with Crippen LogP contribution in [0.3, 0.4) is 0 Å². The first-order valence-corrected chi connectivity index (χ1v) is 13.1. The highest BCUT2D eigenvalue weighted by Crippen LogP contribution is 2.26. The summed E-state index contributed by atoms with van der Waals surface area (Å²) in [6.45, 7) is 14.5. The van der Waals surface area contributed by atoms with Crippen molar-refractivity contribution < 1.29 is 14.6 Å². The van der Waals surface area contributed by atoms with E-state index in [-0.39, 0.29) is 11.2 Å². The molecule has 0 spiro atoms. The summed E-state index contributed by atoms with van der Waals surface area (Å²) in [6, 6.07) is 18.1. The molecular weight excluding hydrogens is 450 g/mol. The lowest BCUT2D eigenvalue weighted by Gasteiger charge is -2.25. The van der Waals surface area contributed by atoms with Gasteiger partial charge in [0.25, 0.3) is 5.56 Å². The largest absolute Gasteiger partial charge is 0.488 e. The molecule has 1 aromatic heterocycles. The quantitative estimate of drug-likeness (QED) is 0.291. The predicted molar refractivity (Wildman–Crippen MR) is 150 cm³/mol. The van der Waals surface area contributed by atoms with Crippen LogP contribution in [0, 0.1) is 5.41 Å². The van der Waals surface area contributed by atoms with Gasteiger partial charge in [-0.15, -0.1) is 0 Å². The number of hydrogen-bond acceptors (Lipinski definition) is 3. The Morgan fingerprint density at radius 2 is 1.56 bits per heavy atom. The summed E-state index contributed by atoms with van der Waals surface area (Å²) in [7, 11) is 0. The van der Waals surface area contributed by atoms with E-state index in [1.54, 1.807) is 13.8 Å². The molecule has 3 aromatic rings. The maximum atomic E-state index is 13.3. The number of hydrogen-bond donors (Lipinski definition) is 1. The Balaban J connectivity index is 0.000000493. The first-order valence-electron chi connectivity index (χ1n) is 13.1. The van der Waals surface area contributed by atoms with Crippen LogP contribution in [-0.2, 0) is 11.3 Å². The number of para-hydroxylation sites is 1. The standard InChI is InChI=1S/C25H31NO2.C6H12O2/c1-5-7-10-17-26-23-12-9-8-11-20(23)18-22(24(26)27)19-13-15-21(16-14-19)28-25(3,4)6-2;1-4-6(2,3)5(7)8/h8-9,11-16,18H,5-7,10,17H2,1-4H3;4H2,1-3H3,(H,7,8). The van der Waals surface area contributed by atoms with Gasteiger partial charge in [0.2, 0.25) is 0 Å². The Bertz CT molecular complexity index is 1190. The fourth-order valence-corrected chi connectivity index (χ4v) is 3.52. The van der Waals surface area contributed by atoms with Gasteiger partial charge < -0.3 is 14.4 Å². The van der Waals surface area contributed by atoms with Crippen molar-refractivity contribution in [2.24, 2.45) is 5.41 Å². The molecule has 36 heavy (non-hydrogen) atoms. The summed E-state index contributed by atoms with van der Waals surface area (Å²) in [4.78, 5) is 23.5. The normalized spacial score (nSPS) is 11.6. The lowest BCUT2D eigenvalue weighted by atomic mass is 9.91. The number of unbranched alkanes of at least 4 members (excludes halogenated alkanes) is 2. The number of pyridine rings is 1. The van der Waals surface area contributed by atoms with E-state index >= 15 is 0 Å². The molecule has 5 heteroatoms. The zero-order valence-corrected chi connectivity index (χ0v) is 23.1. The maximum absolute atomic E-state index is 13.3. The molecule has 0 aliphatic carbocycles. The second-order valence-corrected chi connectivity index (χ2v) is 10.6. The van der Waals surface area contributed by atoms with Gasteiger partial charge >= 0.3 is 5.97 Å². The molecule has 0 unspecified atom stereocenters. The van der Waals surface area contributed by atoms with Crippen LogP contribution in [0.2, 0.25) is 0 Å². The van der Waals surface area contributed by atoms with E-state index in [1.807, 2.05) is 60.0 Å². The van der Waals surface area contributed by atoms with Crippen LogP contribution in [0.1, 0.15) is 80.6 Å².